The Morgan fingerprint density at radius 2 is 1.90 bits per heavy atom. The number of aromatic nitrogens is 2. The third-order valence-electron chi connectivity index (χ3n) is 5.42. The van der Waals surface area contributed by atoms with Gasteiger partial charge in [0, 0.05) is 12.0 Å². The van der Waals surface area contributed by atoms with Crippen LogP contribution in [0.25, 0.3) is 0 Å². The fraction of sp³-hybridized carbons (Fsp3) is 0.286. The highest BCUT2D eigenvalue weighted by Gasteiger charge is 2.43. The molecule has 1 fully saturated rings. The first kappa shape index (κ1) is 21.5. The first-order valence-electron chi connectivity index (χ1n) is 9.86. The summed E-state index contributed by atoms with van der Waals surface area (Å²) in [6.45, 7) is 1.81. The van der Waals surface area contributed by atoms with E-state index in [1.54, 1.807) is 6.92 Å². The molecule has 0 aliphatic heterocycles. The maximum absolute atomic E-state index is 14.3. The molecule has 1 aromatic heterocycles. The van der Waals surface area contributed by atoms with Crippen LogP contribution in [0.4, 0.5) is 9.52 Å². The zero-order valence-corrected chi connectivity index (χ0v) is 18.4. The van der Waals surface area contributed by atoms with Crippen molar-refractivity contribution < 1.29 is 17.6 Å². The van der Waals surface area contributed by atoms with Crippen molar-refractivity contribution in [2.45, 2.75) is 36.5 Å². The molecule has 1 heterocycles. The lowest BCUT2D eigenvalue weighted by atomic mass is 9.65. The number of carbonyl (C=O) groups is 1. The number of benzene rings is 2. The highest BCUT2D eigenvalue weighted by molar-refractivity contribution is 7.89. The SMILES string of the molecule is CCNS(=O)(=O)c1ccc(F)c(C(=O)Nc2nnc(C3(c4ccccc4)CCC3)s2)c1. The highest BCUT2D eigenvalue weighted by Crippen LogP contribution is 2.50. The van der Waals surface area contributed by atoms with Gasteiger partial charge < -0.3 is 0 Å². The van der Waals surface area contributed by atoms with Crippen LogP contribution >= 0.6 is 11.3 Å². The number of nitrogens with one attached hydrogen (secondary N) is 2. The maximum Gasteiger partial charge on any atom is 0.260 e. The summed E-state index contributed by atoms with van der Waals surface area (Å²) in [6, 6.07) is 13.1. The van der Waals surface area contributed by atoms with Crippen LogP contribution in [0.1, 0.15) is 47.1 Å². The summed E-state index contributed by atoms with van der Waals surface area (Å²) in [5.41, 5.74) is 0.562. The second kappa shape index (κ2) is 8.45. The van der Waals surface area contributed by atoms with Crippen molar-refractivity contribution in [3.8, 4) is 0 Å². The van der Waals surface area contributed by atoms with Crippen molar-refractivity contribution in [3.05, 3.63) is 70.5 Å². The normalized spacial score (nSPS) is 15.3. The highest BCUT2D eigenvalue weighted by atomic mass is 32.2. The van der Waals surface area contributed by atoms with Gasteiger partial charge >= 0.3 is 0 Å². The van der Waals surface area contributed by atoms with Gasteiger partial charge in [0.1, 0.15) is 10.8 Å². The molecule has 0 atom stereocenters. The van der Waals surface area contributed by atoms with Gasteiger partial charge in [-0.3, -0.25) is 10.1 Å². The Labute approximate surface area is 183 Å². The molecule has 0 spiro atoms. The molecular formula is C21H21FN4O3S2. The second-order valence-electron chi connectivity index (χ2n) is 7.31. The number of sulfonamides is 1. The van der Waals surface area contributed by atoms with Crippen LogP contribution in [-0.2, 0) is 15.4 Å². The number of hydrogen-bond acceptors (Lipinski definition) is 6. The van der Waals surface area contributed by atoms with E-state index < -0.39 is 21.7 Å². The molecule has 0 radical (unpaired) electrons. The molecule has 0 saturated heterocycles. The molecule has 10 heteroatoms. The molecule has 7 nitrogen and oxygen atoms in total. The number of rotatable bonds is 7. The van der Waals surface area contributed by atoms with Crippen LogP contribution in [0.15, 0.2) is 53.4 Å². The summed E-state index contributed by atoms with van der Waals surface area (Å²) in [4.78, 5) is 12.5. The van der Waals surface area contributed by atoms with Crippen molar-refractivity contribution in [1.82, 2.24) is 14.9 Å². The molecule has 2 aromatic carbocycles. The predicted molar refractivity (Wildman–Crippen MR) is 116 cm³/mol. The minimum absolute atomic E-state index is 0.179. The lowest BCUT2D eigenvalue weighted by molar-refractivity contribution is 0.102. The molecule has 162 valence electrons. The van der Waals surface area contributed by atoms with Crippen molar-refractivity contribution in [1.29, 1.82) is 0 Å². The lowest BCUT2D eigenvalue weighted by Gasteiger charge is -2.40. The minimum atomic E-state index is -3.82. The van der Waals surface area contributed by atoms with Gasteiger partial charge in [-0.1, -0.05) is 55.0 Å². The van der Waals surface area contributed by atoms with Crippen molar-refractivity contribution in [2.24, 2.45) is 0 Å². The number of carbonyl (C=O) groups excluding carboxylic acids is 1. The zero-order valence-electron chi connectivity index (χ0n) is 16.8. The van der Waals surface area contributed by atoms with Crippen molar-refractivity contribution in [3.63, 3.8) is 0 Å². The summed E-state index contributed by atoms with van der Waals surface area (Å²) < 4.78 is 40.9. The Kier molecular flexibility index (Phi) is 5.87. The monoisotopic (exact) mass is 460 g/mol. The summed E-state index contributed by atoms with van der Waals surface area (Å²) in [6.07, 6.45) is 2.96. The van der Waals surface area contributed by atoms with Crippen LogP contribution in [-0.4, -0.2) is 31.1 Å². The average Bonchev–Trinajstić information content (AvgIpc) is 3.16. The standard InChI is InChI=1S/C21H21FN4O3S2/c1-2-23-31(28,29)15-9-10-17(22)16(13-15)18(27)24-20-26-25-19(30-20)21(11-6-12-21)14-7-4-3-5-8-14/h3-5,7-10,13,23H,2,6,11-12H2,1H3,(H,24,26,27). The van der Waals surface area contributed by atoms with Crippen LogP contribution in [0.5, 0.6) is 0 Å². The average molecular weight is 461 g/mol. The van der Waals surface area contributed by atoms with Crippen molar-refractivity contribution >= 4 is 32.4 Å². The number of halogens is 1. The maximum atomic E-state index is 14.3. The van der Waals surface area contributed by atoms with Crippen molar-refractivity contribution in [2.75, 3.05) is 11.9 Å². The predicted octanol–water partition coefficient (Wildman–Crippen LogP) is 3.70. The molecule has 0 unspecified atom stereocenters. The largest absolute Gasteiger partial charge is 0.296 e. The molecule has 1 saturated carbocycles. The van der Waals surface area contributed by atoms with E-state index in [1.165, 1.54) is 11.3 Å². The number of amides is 1. The number of nitrogens with zero attached hydrogens (tertiary/aromatic N) is 2. The Morgan fingerprint density at radius 1 is 1.16 bits per heavy atom. The summed E-state index contributed by atoms with van der Waals surface area (Å²) >= 11 is 1.25. The Hall–Kier alpha value is -2.69. The Morgan fingerprint density at radius 3 is 2.55 bits per heavy atom. The molecule has 1 aliphatic rings. The van der Waals surface area contributed by atoms with E-state index in [9.17, 15) is 17.6 Å². The van der Waals surface area contributed by atoms with Crippen LogP contribution in [0.3, 0.4) is 0 Å². The van der Waals surface area contributed by atoms with Gasteiger partial charge in [-0.05, 0) is 36.6 Å². The molecule has 1 aliphatic carbocycles. The Balaban J connectivity index is 1.58. The fourth-order valence-electron chi connectivity index (χ4n) is 3.66. The first-order valence-corrected chi connectivity index (χ1v) is 12.2. The van der Waals surface area contributed by atoms with E-state index in [0.717, 1.165) is 48.0 Å². The van der Waals surface area contributed by atoms with Gasteiger partial charge in [-0.25, -0.2) is 17.5 Å². The molecular weight excluding hydrogens is 439 g/mol. The molecule has 4 rings (SSSR count). The van der Waals surface area contributed by atoms with Gasteiger partial charge in [-0.15, -0.1) is 10.2 Å². The van der Waals surface area contributed by atoms with Crippen LogP contribution in [0, 0.1) is 5.82 Å². The third kappa shape index (κ3) is 4.10. The number of hydrogen-bond donors (Lipinski definition) is 2. The van der Waals surface area contributed by atoms with Gasteiger partial charge in [0.15, 0.2) is 0 Å². The zero-order chi connectivity index (χ0) is 22.1. The Bertz CT molecular complexity index is 1210. The fourth-order valence-corrected chi connectivity index (χ4v) is 5.74. The van der Waals surface area contributed by atoms with E-state index in [0.29, 0.717) is 0 Å². The van der Waals surface area contributed by atoms with E-state index in [2.05, 4.69) is 32.4 Å². The second-order valence-corrected chi connectivity index (χ2v) is 10.1. The molecule has 3 aromatic rings. The van der Waals surface area contributed by atoms with Gasteiger partial charge in [0.2, 0.25) is 15.2 Å². The van der Waals surface area contributed by atoms with E-state index in [-0.39, 0.29) is 27.6 Å². The smallest absolute Gasteiger partial charge is 0.260 e. The van der Waals surface area contributed by atoms with E-state index >= 15 is 0 Å². The van der Waals surface area contributed by atoms with Gasteiger partial charge in [0.05, 0.1) is 10.5 Å². The molecule has 0 bridgehead atoms. The van der Waals surface area contributed by atoms with Crippen LogP contribution in [0.2, 0.25) is 0 Å². The quantitative estimate of drug-likeness (QED) is 0.560. The lowest BCUT2D eigenvalue weighted by Crippen LogP contribution is -2.35. The first-order chi connectivity index (χ1) is 14.9. The third-order valence-corrected chi connectivity index (χ3v) is 8.00. The van der Waals surface area contributed by atoms with Crippen LogP contribution < -0.4 is 10.0 Å². The van der Waals surface area contributed by atoms with Gasteiger partial charge in [-0.2, -0.15) is 0 Å². The molecule has 2 N–H and O–H groups in total. The summed E-state index contributed by atoms with van der Waals surface area (Å²) in [5.74, 6) is -1.60. The number of anilines is 1. The molecule has 1 amide bonds. The summed E-state index contributed by atoms with van der Waals surface area (Å²) in [5, 5.41) is 11.9. The summed E-state index contributed by atoms with van der Waals surface area (Å²) in [7, 11) is -3.82. The minimum Gasteiger partial charge on any atom is -0.296 e. The van der Waals surface area contributed by atoms with E-state index in [1.807, 2.05) is 18.2 Å². The van der Waals surface area contributed by atoms with E-state index in [4.69, 9.17) is 0 Å². The molecule has 31 heavy (non-hydrogen) atoms. The van der Waals surface area contributed by atoms with Gasteiger partial charge in [0.25, 0.3) is 5.91 Å². The topological polar surface area (TPSA) is 101 Å².